The number of hydrogen-bond acceptors (Lipinski definition) is 9. The highest BCUT2D eigenvalue weighted by molar-refractivity contribution is 5.82. The standard InChI is InChI=1S/C26H35F3N6O4/c1-25(2,3)39-20(36)13-32-22(26(27,28)29)15-4-6-17(7-5-15)33-23-21-18(8-10-31-24(21)37)35(34-23)19-14-38-11-9-16(19)12-30/h4-7,16,18-19,21-23,32-34H,8-11,13-14H2,1-3H3,(H,31,37)/t16-,18?,19+,21?,22?,23?/m1/s1. The number of piperidine rings is 1. The van der Waals surface area contributed by atoms with Crippen LogP contribution < -0.4 is 21.4 Å². The number of carbonyl (C=O) groups excluding carboxylic acids is 2. The van der Waals surface area contributed by atoms with Crippen LogP contribution in [0.2, 0.25) is 0 Å². The highest BCUT2D eigenvalue weighted by Crippen LogP contribution is 2.35. The topological polar surface area (TPSA) is 128 Å². The zero-order valence-corrected chi connectivity index (χ0v) is 22.2. The molecule has 3 saturated heterocycles. The number of nitrogens with zero attached hydrogens (tertiary/aromatic N) is 2. The van der Waals surface area contributed by atoms with Gasteiger partial charge in [-0.25, -0.2) is 10.4 Å². The minimum absolute atomic E-state index is 0.0675. The Morgan fingerprint density at radius 2 is 1.95 bits per heavy atom. The first-order chi connectivity index (χ1) is 18.4. The third-order valence-electron chi connectivity index (χ3n) is 7.07. The highest BCUT2D eigenvalue weighted by atomic mass is 19.4. The molecule has 3 aliphatic heterocycles. The number of alkyl halides is 3. The lowest BCUT2D eigenvalue weighted by Gasteiger charge is -2.39. The highest BCUT2D eigenvalue weighted by Gasteiger charge is 2.51. The lowest BCUT2D eigenvalue weighted by molar-refractivity contribution is -0.164. The number of esters is 1. The molecule has 0 saturated carbocycles. The van der Waals surface area contributed by atoms with Gasteiger partial charge >= 0.3 is 12.1 Å². The molecule has 4 unspecified atom stereocenters. The molecule has 3 aliphatic rings. The predicted molar refractivity (Wildman–Crippen MR) is 135 cm³/mol. The molecule has 1 amide bonds. The van der Waals surface area contributed by atoms with Gasteiger partial charge in [0.25, 0.3) is 0 Å². The van der Waals surface area contributed by atoms with E-state index in [1.54, 1.807) is 20.8 Å². The number of halogens is 3. The maximum atomic E-state index is 13.8. The summed E-state index contributed by atoms with van der Waals surface area (Å²) < 4.78 is 52.2. The number of fused-ring (bicyclic) bond motifs is 1. The molecule has 0 radical (unpaired) electrons. The Labute approximate surface area is 225 Å². The summed E-state index contributed by atoms with van der Waals surface area (Å²) in [6, 6.07) is 5.56. The molecule has 3 heterocycles. The SMILES string of the molecule is CC(C)(C)OC(=O)CNC(c1ccc(NC2NN([C@H]3COCC[C@@H]3C#N)C3CCNC(=O)C23)cc1)C(F)(F)F. The van der Waals surface area contributed by atoms with Crippen LogP contribution in [0.25, 0.3) is 0 Å². The van der Waals surface area contributed by atoms with Crippen molar-refractivity contribution in [1.82, 2.24) is 21.1 Å². The quantitative estimate of drug-likeness (QED) is 0.377. The molecular weight excluding hydrogens is 517 g/mol. The average Bonchev–Trinajstić information content (AvgIpc) is 3.22. The number of nitriles is 1. The first-order valence-electron chi connectivity index (χ1n) is 13.1. The number of anilines is 1. The minimum atomic E-state index is -4.64. The molecule has 6 atom stereocenters. The van der Waals surface area contributed by atoms with Crippen LogP contribution in [0.4, 0.5) is 18.9 Å². The normalized spacial score (nSPS) is 28.6. The smallest absolute Gasteiger partial charge is 0.407 e. The second-order valence-electron chi connectivity index (χ2n) is 11.1. The lowest BCUT2D eigenvalue weighted by Crippen LogP contribution is -2.56. The number of carbonyl (C=O) groups is 2. The van der Waals surface area contributed by atoms with Crippen molar-refractivity contribution in [3.8, 4) is 6.07 Å². The van der Waals surface area contributed by atoms with Crippen LogP contribution in [0, 0.1) is 23.2 Å². The number of hydrogen-bond donors (Lipinski definition) is 4. The predicted octanol–water partition coefficient (Wildman–Crippen LogP) is 2.21. The first-order valence-corrected chi connectivity index (χ1v) is 13.1. The summed E-state index contributed by atoms with van der Waals surface area (Å²) >= 11 is 0. The van der Waals surface area contributed by atoms with E-state index < -0.39 is 42.4 Å². The van der Waals surface area contributed by atoms with Gasteiger partial charge < -0.3 is 20.1 Å². The molecule has 0 bridgehead atoms. The van der Waals surface area contributed by atoms with Crippen LogP contribution in [0.1, 0.15) is 45.2 Å². The summed E-state index contributed by atoms with van der Waals surface area (Å²) in [5.41, 5.74) is 2.98. The largest absolute Gasteiger partial charge is 0.459 e. The first kappa shape index (κ1) is 29.1. The Morgan fingerprint density at radius 1 is 1.23 bits per heavy atom. The number of ether oxygens (including phenoxy) is 2. The number of benzene rings is 1. The van der Waals surface area contributed by atoms with Gasteiger partial charge in [-0.3, -0.25) is 14.9 Å². The van der Waals surface area contributed by atoms with Crippen molar-refractivity contribution in [1.29, 1.82) is 5.26 Å². The summed E-state index contributed by atoms with van der Waals surface area (Å²) in [6.07, 6.45) is -3.89. The van der Waals surface area contributed by atoms with E-state index in [2.05, 4.69) is 27.4 Å². The molecule has 0 spiro atoms. The third kappa shape index (κ3) is 7.00. The van der Waals surface area contributed by atoms with Gasteiger partial charge in [0, 0.05) is 24.9 Å². The lowest BCUT2D eigenvalue weighted by atomic mass is 9.88. The molecule has 13 heteroatoms. The Hall–Kier alpha value is -2.92. The van der Waals surface area contributed by atoms with Gasteiger partial charge in [0.05, 0.1) is 37.1 Å². The second-order valence-corrected chi connectivity index (χ2v) is 11.1. The Morgan fingerprint density at radius 3 is 2.59 bits per heavy atom. The maximum Gasteiger partial charge on any atom is 0.407 e. The van der Waals surface area contributed by atoms with Crippen LogP contribution in [-0.4, -0.2) is 73.2 Å². The molecule has 214 valence electrons. The maximum absolute atomic E-state index is 13.8. The fourth-order valence-electron chi connectivity index (χ4n) is 5.39. The molecule has 0 aliphatic carbocycles. The summed E-state index contributed by atoms with van der Waals surface area (Å²) in [6.45, 7) is 5.71. The number of rotatable bonds is 7. The van der Waals surface area contributed by atoms with Gasteiger partial charge in [-0.05, 0) is 51.3 Å². The third-order valence-corrected chi connectivity index (χ3v) is 7.07. The van der Waals surface area contributed by atoms with Crippen molar-refractivity contribution in [2.24, 2.45) is 11.8 Å². The summed E-state index contributed by atoms with van der Waals surface area (Å²) in [4.78, 5) is 24.8. The molecule has 1 aromatic carbocycles. The molecule has 4 N–H and O–H groups in total. The second kappa shape index (κ2) is 11.7. The molecule has 4 rings (SSSR count). The van der Waals surface area contributed by atoms with Crippen molar-refractivity contribution < 1.29 is 32.2 Å². The zero-order chi connectivity index (χ0) is 28.4. The molecular formula is C26H35F3N6O4. The van der Waals surface area contributed by atoms with Crippen molar-refractivity contribution in [2.45, 2.75) is 69.7 Å². The molecule has 0 aromatic heterocycles. The minimum Gasteiger partial charge on any atom is -0.459 e. The molecule has 3 fully saturated rings. The van der Waals surface area contributed by atoms with Gasteiger partial charge in [-0.2, -0.15) is 18.4 Å². The monoisotopic (exact) mass is 552 g/mol. The number of amides is 1. The Balaban J connectivity index is 1.47. The van der Waals surface area contributed by atoms with Crippen molar-refractivity contribution >= 4 is 17.6 Å². The Kier molecular flexibility index (Phi) is 8.70. The van der Waals surface area contributed by atoms with E-state index in [0.29, 0.717) is 38.3 Å². The average molecular weight is 553 g/mol. The van der Waals surface area contributed by atoms with E-state index in [4.69, 9.17) is 9.47 Å². The van der Waals surface area contributed by atoms with Crippen LogP contribution >= 0.6 is 0 Å². The van der Waals surface area contributed by atoms with Crippen LogP contribution in [0.15, 0.2) is 24.3 Å². The van der Waals surface area contributed by atoms with Crippen LogP contribution in [0.5, 0.6) is 0 Å². The van der Waals surface area contributed by atoms with Crippen molar-refractivity contribution in [3.05, 3.63) is 29.8 Å². The van der Waals surface area contributed by atoms with Gasteiger partial charge in [0.15, 0.2) is 0 Å². The van der Waals surface area contributed by atoms with E-state index in [1.807, 2.05) is 5.01 Å². The van der Waals surface area contributed by atoms with E-state index in [0.717, 1.165) is 0 Å². The molecule has 39 heavy (non-hydrogen) atoms. The van der Waals surface area contributed by atoms with E-state index >= 15 is 0 Å². The van der Waals surface area contributed by atoms with Gasteiger partial charge in [-0.1, -0.05) is 12.1 Å². The molecule has 1 aromatic rings. The van der Waals surface area contributed by atoms with E-state index in [-0.39, 0.29) is 29.5 Å². The van der Waals surface area contributed by atoms with E-state index in [1.165, 1.54) is 24.3 Å². The van der Waals surface area contributed by atoms with Gasteiger partial charge in [0.2, 0.25) is 5.91 Å². The fourth-order valence-corrected chi connectivity index (χ4v) is 5.39. The van der Waals surface area contributed by atoms with Crippen LogP contribution in [0.3, 0.4) is 0 Å². The zero-order valence-electron chi connectivity index (χ0n) is 22.2. The van der Waals surface area contributed by atoms with E-state index in [9.17, 15) is 28.0 Å². The van der Waals surface area contributed by atoms with Gasteiger partial charge in [0.1, 0.15) is 17.8 Å². The number of nitrogens with one attached hydrogen (secondary N) is 4. The molecule has 10 nitrogen and oxygen atoms in total. The van der Waals surface area contributed by atoms with Crippen LogP contribution in [-0.2, 0) is 19.1 Å². The number of hydrazine groups is 1. The summed E-state index contributed by atoms with van der Waals surface area (Å²) in [5.74, 6) is -1.64. The summed E-state index contributed by atoms with van der Waals surface area (Å²) in [7, 11) is 0. The summed E-state index contributed by atoms with van der Waals surface area (Å²) in [5, 5.41) is 20.0. The van der Waals surface area contributed by atoms with Gasteiger partial charge in [-0.15, -0.1) is 0 Å². The van der Waals surface area contributed by atoms with Crippen molar-refractivity contribution in [2.75, 3.05) is 31.6 Å². The fraction of sp³-hybridized carbons (Fsp3) is 0.654. The Bertz CT molecular complexity index is 1070. The van der Waals surface area contributed by atoms with Crippen molar-refractivity contribution in [3.63, 3.8) is 0 Å².